The van der Waals surface area contributed by atoms with Crippen molar-refractivity contribution in [2.45, 2.75) is 25.7 Å². The number of carbonyl (C=O) groups excluding carboxylic acids is 1. The van der Waals surface area contributed by atoms with E-state index < -0.39 is 4.92 Å². The van der Waals surface area contributed by atoms with Gasteiger partial charge in [0.05, 0.1) is 18.0 Å². The number of hydrogen-bond acceptors (Lipinski definition) is 4. The molecule has 0 unspecified atom stereocenters. The zero-order chi connectivity index (χ0) is 16.9. The number of rotatable bonds is 6. The highest BCUT2D eigenvalue weighted by molar-refractivity contribution is 5.90. The Morgan fingerprint density at radius 1 is 1.12 bits per heavy atom. The molecule has 1 amide bonds. The van der Waals surface area contributed by atoms with E-state index in [1.807, 2.05) is 12.1 Å². The molecule has 0 aliphatic heterocycles. The second-order valence-electron chi connectivity index (χ2n) is 5.73. The third-order valence-corrected chi connectivity index (χ3v) is 4.03. The Morgan fingerprint density at radius 3 is 2.62 bits per heavy atom. The fourth-order valence-electron chi connectivity index (χ4n) is 2.80. The second-order valence-corrected chi connectivity index (χ2v) is 5.73. The van der Waals surface area contributed by atoms with Gasteiger partial charge in [-0.25, -0.2) is 0 Å². The molecule has 0 radical (unpaired) electrons. The molecule has 3 rings (SSSR count). The molecule has 1 aliphatic rings. The van der Waals surface area contributed by atoms with Gasteiger partial charge in [0.25, 0.3) is 5.69 Å². The minimum absolute atomic E-state index is 0.0108. The molecule has 0 heterocycles. The van der Waals surface area contributed by atoms with Crippen molar-refractivity contribution in [1.29, 1.82) is 0 Å². The Kier molecular flexibility index (Phi) is 4.74. The smallest absolute Gasteiger partial charge is 0.269 e. The number of hydrogen-bond donors (Lipinski definition) is 1. The Labute approximate surface area is 139 Å². The lowest BCUT2D eigenvalue weighted by molar-refractivity contribution is -0.384. The summed E-state index contributed by atoms with van der Waals surface area (Å²) in [5.41, 5.74) is 3.51. The maximum Gasteiger partial charge on any atom is 0.269 e. The fraction of sp³-hybridized carbons (Fsp3) is 0.278. The largest absolute Gasteiger partial charge is 0.493 e. The highest BCUT2D eigenvalue weighted by Crippen LogP contribution is 2.25. The van der Waals surface area contributed by atoms with Crippen LogP contribution < -0.4 is 10.1 Å². The van der Waals surface area contributed by atoms with Crippen LogP contribution in [0.25, 0.3) is 0 Å². The Hall–Kier alpha value is -2.89. The predicted octanol–water partition coefficient (Wildman–Crippen LogP) is 3.49. The van der Waals surface area contributed by atoms with Crippen molar-refractivity contribution in [3.63, 3.8) is 0 Å². The lowest BCUT2D eigenvalue weighted by Crippen LogP contribution is -2.15. The molecule has 1 aliphatic carbocycles. The monoisotopic (exact) mass is 326 g/mol. The van der Waals surface area contributed by atoms with Gasteiger partial charge in [-0.1, -0.05) is 6.07 Å². The van der Waals surface area contributed by atoms with Gasteiger partial charge < -0.3 is 10.1 Å². The van der Waals surface area contributed by atoms with Gasteiger partial charge in [-0.2, -0.15) is 0 Å². The maximum atomic E-state index is 12.0. The zero-order valence-corrected chi connectivity index (χ0v) is 13.2. The van der Waals surface area contributed by atoms with Gasteiger partial charge in [0.2, 0.25) is 5.91 Å². The van der Waals surface area contributed by atoms with Crippen LogP contribution in [0.15, 0.2) is 42.5 Å². The summed E-state index contributed by atoms with van der Waals surface area (Å²) in [6.07, 6.45) is 3.58. The number of aryl methyl sites for hydroxylation is 2. The fourth-order valence-corrected chi connectivity index (χ4v) is 2.80. The minimum Gasteiger partial charge on any atom is -0.493 e. The SMILES string of the molecule is O=C(CCOc1ccc([N+](=O)[O-])cc1)Nc1ccc2c(c1)CCC2. The molecule has 0 aromatic heterocycles. The van der Waals surface area contributed by atoms with Gasteiger partial charge >= 0.3 is 0 Å². The summed E-state index contributed by atoms with van der Waals surface area (Å²) in [4.78, 5) is 22.1. The molecule has 6 heteroatoms. The van der Waals surface area contributed by atoms with Gasteiger partial charge in [-0.05, 0) is 54.7 Å². The third kappa shape index (κ3) is 3.90. The van der Waals surface area contributed by atoms with E-state index in [2.05, 4.69) is 11.4 Å². The number of fused-ring (bicyclic) bond motifs is 1. The number of amides is 1. The molecule has 0 bridgehead atoms. The average Bonchev–Trinajstić information content (AvgIpc) is 3.03. The number of nitro benzene ring substituents is 1. The Morgan fingerprint density at radius 2 is 1.88 bits per heavy atom. The number of non-ortho nitro benzene ring substituents is 1. The quantitative estimate of drug-likeness (QED) is 0.651. The van der Waals surface area contributed by atoms with Crippen LogP contribution in [0, 0.1) is 10.1 Å². The van der Waals surface area contributed by atoms with Crippen LogP contribution >= 0.6 is 0 Å². The lowest BCUT2D eigenvalue weighted by atomic mass is 10.1. The number of ether oxygens (including phenoxy) is 1. The topological polar surface area (TPSA) is 81.5 Å². The van der Waals surface area contributed by atoms with Crippen molar-refractivity contribution in [1.82, 2.24) is 0 Å². The molecule has 0 spiro atoms. The highest BCUT2D eigenvalue weighted by Gasteiger charge is 2.12. The minimum atomic E-state index is -0.464. The number of nitrogens with zero attached hydrogens (tertiary/aromatic N) is 1. The number of anilines is 1. The molecule has 0 fully saturated rings. The first-order chi connectivity index (χ1) is 11.6. The van der Waals surface area contributed by atoms with Crippen molar-refractivity contribution in [3.8, 4) is 5.75 Å². The molecule has 124 valence electrons. The van der Waals surface area contributed by atoms with E-state index in [0.29, 0.717) is 5.75 Å². The van der Waals surface area contributed by atoms with Crippen LogP contribution in [-0.4, -0.2) is 17.4 Å². The first-order valence-corrected chi connectivity index (χ1v) is 7.91. The van der Waals surface area contributed by atoms with Gasteiger partial charge in [0.15, 0.2) is 0 Å². The van der Waals surface area contributed by atoms with E-state index >= 15 is 0 Å². The van der Waals surface area contributed by atoms with Crippen molar-refractivity contribution in [2.75, 3.05) is 11.9 Å². The summed E-state index contributed by atoms with van der Waals surface area (Å²) in [7, 11) is 0. The number of nitro groups is 1. The first kappa shape index (κ1) is 16.0. The van der Waals surface area contributed by atoms with Gasteiger partial charge in [-0.3, -0.25) is 14.9 Å². The number of nitrogens with one attached hydrogen (secondary N) is 1. The molecule has 0 saturated heterocycles. The lowest BCUT2D eigenvalue weighted by Gasteiger charge is -2.08. The van der Waals surface area contributed by atoms with Crippen LogP contribution in [0.1, 0.15) is 24.0 Å². The van der Waals surface area contributed by atoms with Crippen LogP contribution in [0.5, 0.6) is 5.75 Å². The van der Waals surface area contributed by atoms with Gasteiger partial charge in [-0.15, -0.1) is 0 Å². The second kappa shape index (κ2) is 7.12. The third-order valence-electron chi connectivity index (χ3n) is 4.03. The predicted molar refractivity (Wildman–Crippen MR) is 90.3 cm³/mol. The molecule has 0 saturated carbocycles. The highest BCUT2D eigenvalue weighted by atomic mass is 16.6. The van der Waals surface area contributed by atoms with Crippen LogP contribution in [0.3, 0.4) is 0 Å². The van der Waals surface area contributed by atoms with E-state index in [1.54, 1.807) is 0 Å². The zero-order valence-electron chi connectivity index (χ0n) is 13.2. The Balaban J connectivity index is 1.46. The van der Waals surface area contributed by atoms with Crippen molar-refractivity contribution in [3.05, 3.63) is 63.7 Å². The van der Waals surface area contributed by atoms with Crippen molar-refractivity contribution >= 4 is 17.3 Å². The van der Waals surface area contributed by atoms with Crippen LogP contribution in [0.4, 0.5) is 11.4 Å². The van der Waals surface area contributed by atoms with Gasteiger partial charge in [0, 0.05) is 17.8 Å². The van der Waals surface area contributed by atoms with E-state index in [4.69, 9.17) is 4.74 Å². The van der Waals surface area contributed by atoms with Crippen LogP contribution in [0.2, 0.25) is 0 Å². The molecule has 6 nitrogen and oxygen atoms in total. The normalized spacial score (nSPS) is 12.5. The summed E-state index contributed by atoms with van der Waals surface area (Å²) in [5.74, 6) is 0.390. The molecule has 0 atom stereocenters. The Bertz CT molecular complexity index is 756. The van der Waals surface area contributed by atoms with Gasteiger partial charge in [0.1, 0.15) is 5.75 Å². The molecular weight excluding hydrogens is 308 g/mol. The summed E-state index contributed by atoms with van der Waals surface area (Å²) >= 11 is 0. The summed E-state index contributed by atoms with van der Waals surface area (Å²) < 4.78 is 5.44. The summed E-state index contributed by atoms with van der Waals surface area (Å²) in [6, 6.07) is 11.8. The molecule has 1 N–H and O–H groups in total. The summed E-state index contributed by atoms with van der Waals surface area (Å²) in [6.45, 7) is 0.217. The van der Waals surface area contributed by atoms with Crippen molar-refractivity contribution < 1.29 is 14.5 Å². The number of benzene rings is 2. The molecule has 2 aromatic carbocycles. The molecular formula is C18H18N2O4. The van der Waals surface area contributed by atoms with E-state index in [9.17, 15) is 14.9 Å². The first-order valence-electron chi connectivity index (χ1n) is 7.91. The summed E-state index contributed by atoms with van der Waals surface area (Å²) in [5, 5.41) is 13.4. The molecule has 2 aromatic rings. The average molecular weight is 326 g/mol. The maximum absolute atomic E-state index is 12.0. The van der Waals surface area contributed by atoms with E-state index in [1.165, 1.54) is 41.8 Å². The van der Waals surface area contributed by atoms with Crippen LogP contribution in [-0.2, 0) is 17.6 Å². The number of carbonyl (C=O) groups is 1. The molecule has 24 heavy (non-hydrogen) atoms. The van der Waals surface area contributed by atoms with E-state index in [-0.39, 0.29) is 24.6 Å². The standard InChI is InChI=1S/C18H18N2O4/c21-18(19-15-5-4-13-2-1-3-14(13)12-15)10-11-24-17-8-6-16(7-9-17)20(22)23/h4-9,12H,1-3,10-11H2,(H,19,21). The van der Waals surface area contributed by atoms with Crippen molar-refractivity contribution in [2.24, 2.45) is 0 Å². The van der Waals surface area contributed by atoms with E-state index in [0.717, 1.165) is 18.5 Å².